The second kappa shape index (κ2) is 12.4. The van der Waals surface area contributed by atoms with E-state index in [-0.39, 0.29) is 5.41 Å². The number of para-hydroxylation sites is 1. The van der Waals surface area contributed by atoms with Crippen molar-refractivity contribution in [3.8, 4) is 44.5 Å². The van der Waals surface area contributed by atoms with Crippen LogP contribution in [0.3, 0.4) is 0 Å². The Kier molecular flexibility index (Phi) is 7.24. The second-order valence-corrected chi connectivity index (χ2v) is 21.9. The van der Waals surface area contributed by atoms with Crippen LogP contribution < -0.4 is 15.3 Å². The van der Waals surface area contributed by atoms with E-state index in [2.05, 4.69) is 196 Å². The van der Waals surface area contributed by atoms with E-state index in [1.54, 1.807) is 10.4 Å². The molecule has 9 aromatic rings. The average Bonchev–Trinajstić information content (AvgIpc) is 3.85. The molecule has 0 saturated carbocycles. The highest BCUT2D eigenvalue weighted by molar-refractivity contribution is 7.04. The van der Waals surface area contributed by atoms with Gasteiger partial charge in [-0.3, -0.25) is 0 Å². The summed E-state index contributed by atoms with van der Waals surface area (Å²) in [6, 6.07) is 67.9. The third-order valence-corrected chi connectivity index (χ3v) is 19.7. The van der Waals surface area contributed by atoms with Crippen molar-refractivity contribution in [2.24, 2.45) is 0 Å². The molecule has 0 amide bonds. The van der Waals surface area contributed by atoms with Crippen LogP contribution in [0.5, 0.6) is 0 Å². The van der Waals surface area contributed by atoms with E-state index >= 15 is 0 Å². The van der Waals surface area contributed by atoms with Gasteiger partial charge in [-0.2, -0.15) is 0 Å². The van der Waals surface area contributed by atoms with Crippen molar-refractivity contribution in [3.63, 3.8) is 0 Å². The number of anilines is 2. The molecule has 3 aliphatic rings. The first-order valence-electron chi connectivity index (χ1n) is 21.1. The van der Waals surface area contributed by atoms with Gasteiger partial charge in [-0.05, 0) is 141 Å². The van der Waals surface area contributed by atoms with Crippen molar-refractivity contribution in [3.05, 3.63) is 181 Å². The predicted molar refractivity (Wildman–Crippen MR) is 251 cm³/mol. The van der Waals surface area contributed by atoms with Crippen molar-refractivity contribution in [1.82, 2.24) is 0 Å². The molecule has 278 valence electrons. The van der Waals surface area contributed by atoms with Gasteiger partial charge in [0, 0.05) is 23.8 Å². The van der Waals surface area contributed by atoms with Crippen molar-refractivity contribution in [1.29, 1.82) is 0 Å². The minimum Gasteiger partial charge on any atom is -0.345 e. The number of hydrogen-bond donors (Lipinski definition) is 0. The Labute approximate surface area is 342 Å². The highest BCUT2D eigenvalue weighted by Gasteiger charge is 2.46. The minimum atomic E-state index is -1.84. The largest absolute Gasteiger partial charge is 0.345 e. The van der Waals surface area contributed by atoms with Gasteiger partial charge in [-0.25, -0.2) is 0 Å². The molecular formula is C56H45NSi. The molecule has 9 aromatic carbocycles. The fourth-order valence-corrected chi connectivity index (χ4v) is 17.2. The molecule has 0 bridgehead atoms. The molecule has 2 heterocycles. The summed E-state index contributed by atoms with van der Waals surface area (Å²) in [7, 11) is 0.454. The number of nitrogens with zero attached hydrogens (tertiary/aromatic N) is 1. The number of hydrogen-bond acceptors (Lipinski definition) is 1. The number of benzene rings is 9. The van der Waals surface area contributed by atoms with Gasteiger partial charge < -0.3 is 4.90 Å². The van der Waals surface area contributed by atoms with Gasteiger partial charge in [0.05, 0.1) is 0 Å². The summed E-state index contributed by atoms with van der Waals surface area (Å²) in [4.78, 5) is 2.49. The van der Waals surface area contributed by atoms with E-state index in [0.29, 0.717) is 0 Å². The molecule has 1 aliphatic carbocycles. The molecule has 0 aromatic heterocycles. The van der Waals surface area contributed by atoms with Gasteiger partial charge in [0.15, 0.2) is 0 Å². The maximum Gasteiger partial charge on any atom is 0.123 e. The monoisotopic (exact) mass is 759 g/mol. The lowest BCUT2D eigenvalue weighted by Gasteiger charge is -2.41. The molecule has 0 radical (unpaired) electrons. The smallest absolute Gasteiger partial charge is 0.123 e. The Morgan fingerprint density at radius 2 is 1.02 bits per heavy atom. The quantitative estimate of drug-likeness (QED) is 0.128. The predicted octanol–water partition coefficient (Wildman–Crippen LogP) is 13.9. The lowest BCUT2D eigenvalue weighted by Crippen LogP contribution is -2.61. The van der Waals surface area contributed by atoms with Gasteiger partial charge in [0.25, 0.3) is 0 Å². The lowest BCUT2D eigenvalue weighted by atomic mass is 9.81. The van der Waals surface area contributed by atoms with Gasteiger partial charge >= 0.3 is 0 Å². The summed E-state index contributed by atoms with van der Waals surface area (Å²) >= 11 is 0. The van der Waals surface area contributed by atoms with E-state index in [4.69, 9.17) is 0 Å². The van der Waals surface area contributed by atoms with Crippen molar-refractivity contribution in [2.75, 3.05) is 11.9 Å². The Balaban J connectivity index is 1.14. The molecule has 1 fully saturated rings. The summed E-state index contributed by atoms with van der Waals surface area (Å²) in [5, 5.41) is 11.0. The first-order chi connectivity index (χ1) is 28.4. The topological polar surface area (TPSA) is 3.24 Å². The fourth-order valence-electron chi connectivity index (χ4n) is 11.6. The molecule has 0 N–H and O–H groups in total. The standard InChI is InChI=1S/C56H45NSi/c1-56(2)48-19-9-8-16-42(48)46-34-40(25-28-49(46)56)55-44-18-7-6-17-43(44)54(45-27-24-39(33-47(45)55)38-23-22-36-14-4-5-15-37(36)32-38)41-26-29-53-51(35-41)57(3)50-20-10-11-21-52(50)58(53)30-12-13-31-58/h4-11,14-29,32-35H,12-13,30-31H2,1-3H3. The molecule has 12 rings (SSSR count). The summed E-state index contributed by atoms with van der Waals surface area (Å²) in [6.45, 7) is 4.75. The van der Waals surface area contributed by atoms with Crippen LogP contribution in [0.1, 0.15) is 37.8 Å². The Morgan fingerprint density at radius 1 is 0.431 bits per heavy atom. The first-order valence-corrected chi connectivity index (χ1v) is 23.5. The molecule has 1 nitrogen and oxygen atoms in total. The number of rotatable bonds is 3. The zero-order valence-electron chi connectivity index (χ0n) is 33.4. The van der Waals surface area contributed by atoms with Crippen LogP contribution in [0.15, 0.2) is 170 Å². The summed E-state index contributed by atoms with van der Waals surface area (Å²) < 4.78 is 0. The molecule has 0 atom stereocenters. The SMILES string of the molecule is CN1c2ccccc2[Si]2(CCCC2)c2ccc(-c3c4ccccc4c(-c4ccc5c(c4)-c4ccccc4C5(C)C)c4cc(-c5ccc6ccccc6c5)ccc34)cc21. The second-order valence-electron chi connectivity index (χ2n) is 17.6. The maximum absolute atomic E-state index is 2.55. The molecular weight excluding hydrogens is 715 g/mol. The molecule has 2 aliphatic heterocycles. The molecule has 0 unspecified atom stereocenters. The van der Waals surface area contributed by atoms with Crippen molar-refractivity contribution >= 4 is 62.1 Å². The van der Waals surface area contributed by atoms with E-state index in [9.17, 15) is 0 Å². The zero-order valence-corrected chi connectivity index (χ0v) is 34.4. The van der Waals surface area contributed by atoms with Gasteiger partial charge in [-0.1, -0.05) is 166 Å². The van der Waals surface area contributed by atoms with Crippen LogP contribution in [-0.2, 0) is 5.41 Å². The third-order valence-electron chi connectivity index (χ3n) is 14.4. The van der Waals surface area contributed by atoms with Crippen LogP contribution in [0.4, 0.5) is 11.4 Å². The van der Waals surface area contributed by atoms with Crippen molar-refractivity contribution in [2.45, 2.75) is 44.2 Å². The van der Waals surface area contributed by atoms with E-state index < -0.39 is 8.07 Å². The number of fused-ring (bicyclic) bond motifs is 10. The molecule has 1 saturated heterocycles. The van der Waals surface area contributed by atoms with E-state index in [0.717, 1.165) is 0 Å². The van der Waals surface area contributed by atoms with Crippen LogP contribution in [0, 0.1) is 0 Å². The van der Waals surface area contributed by atoms with Crippen LogP contribution in [0.2, 0.25) is 12.1 Å². The highest BCUT2D eigenvalue weighted by Crippen LogP contribution is 2.52. The third kappa shape index (κ3) is 4.70. The molecule has 58 heavy (non-hydrogen) atoms. The average molecular weight is 760 g/mol. The van der Waals surface area contributed by atoms with Crippen molar-refractivity contribution < 1.29 is 0 Å². The lowest BCUT2D eigenvalue weighted by molar-refractivity contribution is 0.660. The van der Waals surface area contributed by atoms with Gasteiger partial charge in [0.2, 0.25) is 0 Å². The Bertz CT molecular complexity index is 3180. The van der Waals surface area contributed by atoms with E-state index in [1.165, 1.54) is 124 Å². The van der Waals surface area contributed by atoms with Gasteiger partial charge in [-0.15, -0.1) is 0 Å². The Morgan fingerprint density at radius 3 is 1.86 bits per heavy atom. The fraction of sp³-hybridized carbons (Fsp3) is 0.143. The van der Waals surface area contributed by atoms with E-state index in [1.807, 2.05) is 0 Å². The highest BCUT2D eigenvalue weighted by atomic mass is 28.3. The zero-order chi connectivity index (χ0) is 38.8. The van der Waals surface area contributed by atoms with Crippen LogP contribution in [-0.4, -0.2) is 15.1 Å². The maximum atomic E-state index is 2.55. The van der Waals surface area contributed by atoms with Crippen LogP contribution in [0.25, 0.3) is 76.8 Å². The molecule has 1 spiro atoms. The minimum absolute atomic E-state index is 0.0399. The van der Waals surface area contributed by atoms with Gasteiger partial charge in [0.1, 0.15) is 8.07 Å². The summed E-state index contributed by atoms with van der Waals surface area (Å²) in [6.07, 6.45) is 2.68. The summed E-state index contributed by atoms with van der Waals surface area (Å²) in [5.74, 6) is 0. The molecule has 2 heteroatoms. The summed E-state index contributed by atoms with van der Waals surface area (Å²) in [5.41, 5.74) is 16.0. The van der Waals surface area contributed by atoms with Crippen LogP contribution >= 0.6 is 0 Å². The normalized spacial score (nSPS) is 15.8. The Hall–Kier alpha value is -6.22. The first kappa shape index (κ1) is 33.9.